The number of aliphatic hydroxyl groups excluding tert-OH is 9. The Morgan fingerprint density at radius 2 is 1.52 bits per heavy atom. The van der Waals surface area contributed by atoms with Crippen LogP contribution in [0.25, 0.3) is 0 Å². The van der Waals surface area contributed by atoms with Gasteiger partial charge in [0.05, 0.1) is 32.0 Å². The van der Waals surface area contributed by atoms with Crippen molar-refractivity contribution in [2.75, 3.05) is 26.9 Å². The van der Waals surface area contributed by atoms with Gasteiger partial charge in [-0.15, -0.1) is 0 Å². The van der Waals surface area contributed by atoms with Crippen LogP contribution in [-0.4, -0.2) is 186 Å². The summed E-state index contributed by atoms with van der Waals surface area (Å²) < 4.78 is 31.1. The number of carbonyl (C=O) groups is 2. The molecule has 3 aliphatic heterocycles. The summed E-state index contributed by atoms with van der Waals surface area (Å²) >= 11 is 0. The minimum atomic E-state index is -3.41. The second-order valence-electron chi connectivity index (χ2n) is 10.2. The number of nitrogens with two attached hydrogens (primary N) is 1. The maximum absolute atomic E-state index is 12.5. The number of carboxylic acid groups (broad SMARTS) is 2. The van der Waals surface area contributed by atoms with Crippen molar-refractivity contribution in [2.45, 2.75) is 97.5 Å². The SMILES string of the molecule is CO[C@]1(C(=O)O)C[C@@H](O[C@@]2(C(=O)O)O[C@H]([C@H](O)CO[C@H]3OC[C@H](N)[C@H](O)[C@H]3O)[C@H](O)[C@H](O)[C@@H]2O)[C@@H](O)[C@@H]([C@H](O)CO)O1. The molecular weight excluding hydrogens is 582 g/mol. The fourth-order valence-electron chi connectivity index (χ4n) is 4.87. The third-order valence-electron chi connectivity index (χ3n) is 7.40. The number of aliphatic hydroxyl groups is 9. The minimum absolute atomic E-state index is 0.249. The molecule has 0 aromatic carbocycles. The Bertz CT molecular complexity index is 943. The number of hydrogen-bond donors (Lipinski definition) is 12. The van der Waals surface area contributed by atoms with E-state index in [-0.39, 0.29) is 6.61 Å². The number of aliphatic carboxylic acids is 2. The maximum Gasteiger partial charge on any atom is 0.367 e. The third kappa shape index (κ3) is 6.39. The third-order valence-corrected chi connectivity index (χ3v) is 7.40. The van der Waals surface area contributed by atoms with Gasteiger partial charge < -0.3 is 90.3 Å². The monoisotopic (exact) mass is 619 g/mol. The van der Waals surface area contributed by atoms with Gasteiger partial charge in [0.2, 0.25) is 0 Å². The first-order chi connectivity index (χ1) is 19.6. The first-order valence-electron chi connectivity index (χ1n) is 12.7. The van der Waals surface area contributed by atoms with Gasteiger partial charge in [0.15, 0.2) is 6.29 Å². The predicted octanol–water partition coefficient (Wildman–Crippen LogP) is -7.65. The van der Waals surface area contributed by atoms with Crippen LogP contribution in [0.4, 0.5) is 0 Å². The molecule has 0 amide bonds. The van der Waals surface area contributed by atoms with Crippen molar-refractivity contribution in [3.05, 3.63) is 0 Å². The highest BCUT2D eigenvalue weighted by molar-refractivity contribution is 5.77. The van der Waals surface area contributed by atoms with E-state index in [4.69, 9.17) is 34.2 Å². The van der Waals surface area contributed by atoms with E-state index in [0.29, 0.717) is 0 Å². The van der Waals surface area contributed by atoms with E-state index in [1.807, 2.05) is 0 Å². The van der Waals surface area contributed by atoms with Crippen molar-refractivity contribution >= 4 is 11.9 Å². The fourth-order valence-corrected chi connectivity index (χ4v) is 4.87. The van der Waals surface area contributed by atoms with Crippen LogP contribution in [0.2, 0.25) is 0 Å². The molecule has 3 saturated heterocycles. The fraction of sp³-hybridized carbons (Fsp3) is 0.909. The van der Waals surface area contributed by atoms with Crippen LogP contribution in [0.5, 0.6) is 0 Å². The van der Waals surface area contributed by atoms with Crippen molar-refractivity contribution in [3.8, 4) is 0 Å². The summed E-state index contributed by atoms with van der Waals surface area (Å²) in [6.45, 7) is -2.18. The van der Waals surface area contributed by atoms with E-state index in [1.54, 1.807) is 0 Å². The summed E-state index contributed by atoms with van der Waals surface area (Å²) in [5.41, 5.74) is 5.56. The topological polar surface area (TPSA) is 338 Å². The van der Waals surface area contributed by atoms with Gasteiger partial charge in [-0.3, -0.25) is 0 Å². The van der Waals surface area contributed by atoms with E-state index >= 15 is 0 Å². The highest BCUT2D eigenvalue weighted by atomic mass is 16.8. The van der Waals surface area contributed by atoms with Gasteiger partial charge in [0.25, 0.3) is 11.6 Å². The molecule has 3 aliphatic rings. The van der Waals surface area contributed by atoms with Crippen LogP contribution in [0.1, 0.15) is 6.42 Å². The zero-order valence-corrected chi connectivity index (χ0v) is 22.1. The van der Waals surface area contributed by atoms with Gasteiger partial charge in [-0.2, -0.15) is 0 Å². The molecule has 15 atom stereocenters. The zero-order valence-electron chi connectivity index (χ0n) is 22.1. The van der Waals surface area contributed by atoms with Gasteiger partial charge >= 0.3 is 11.9 Å². The Morgan fingerprint density at radius 3 is 2.07 bits per heavy atom. The lowest BCUT2D eigenvalue weighted by Gasteiger charge is -2.51. The molecule has 0 radical (unpaired) electrons. The van der Waals surface area contributed by atoms with Crippen LogP contribution in [0.15, 0.2) is 0 Å². The molecule has 0 unspecified atom stereocenters. The van der Waals surface area contributed by atoms with Gasteiger partial charge in [-0.25, -0.2) is 9.59 Å². The standard InChI is InChI=1S/C22H37NO19/c1-37-21(19(33)34)2-9(11(28)15(41-21)7(25)3-24)40-22(20(35)36)17(32)13(30)12(29)16(42-22)8(26)5-39-18-14(31)10(27)6(23)4-38-18/h6-18,24-32H,2-5,23H2,1H3,(H,33,34)(H,35,36)/t6-,7+,8+,9+,10-,11+,12+,13-,14+,15+,16+,17-,18+,21+,22+/m0/s1. The average Bonchev–Trinajstić information content (AvgIpc) is 2.95. The molecule has 0 aromatic rings. The highest BCUT2D eigenvalue weighted by Gasteiger charge is 2.64. The Balaban J connectivity index is 1.89. The molecule has 3 heterocycles. The molecule has 13 N–H and O–H groups in total. The molecular formula is C22H37NO19. The second kappa shape index (κ2) is 13.5. The summed E-state index contributed by atoms with van der Waals surface area (Å²) in [6, 6.07) is -0.949. The maximum atomic E-state index is 12.5. The lowest BCUT2D eigenvalue weighted by atomic mass is 9.88. The Kier molecular flexibility index (Phi) is 11.2. The normalized spacial score (nSPS) is 46.1. The van der Waals surface area contributed by atoms with E-state index in [1.165, 1.54) is 0 Å². The Morgan fingerprint density at radius 1 is 0.905 bits per heavy atom. The summed E-state index contributed by atoms with van der Waals surface area (Å²) in [6.07, 6.45) is -25.0. The van der Waals surface area contributed by atoms with E-state index in [0.717, 1.165) is 7.11 Å². The van der Waals surface area contributed by atoms with Gasteiger partial charge in [0, 0.05) is 13.5 Å². The molecule has 20 heteroatoms. The van der Waals surface area contributed by atoms with Crippen LogP contribution >= 0.6 is 0 Å². The largest absolute Gasteiger partial charge is 0.477 e. The summed E-state index contributed by atoms with van der Waals surface area (Å²) in [5.74, 6) is -10.1. The summed E-state index contributed by atoms with van der Waals surface area (Å²) in [4.78, 5) is 24.5. The van der Waals surface area contributed by atoms with E-state index in [2.05, 4.69) is 0 Å². The average molecular weight is 620 g/mol. The molecule has 0 spiro atoms. The number of hydrogen-bond acceptors (Lipinski definition) is 18. The number of methoxy groups -OCH3 is 1. The Labute approximate surface area is 236 Å². The molecule has 20 nitrogen and oxygen atoms in total. The smallest absolute Gasteiger partial charge is 0.367 e. The predicted molar refractivity (Wildman–Crippen MR) is 126 cm³/mol. The first-order valence-corrected chi connectivity index (χ1v) is 12.7. The molecule has 0 aliphatic carbocycles. The van der Waals surface area contributed by atoms with Gasteiger partial charge in [-0.05, 0) is 0 Å². The highest BCUT2D eigenvalue weighted by Crippen LogP contribution is 2.40. The summed E-state index contributed by atoms with van der Waals surface area (Å²) in [5, 5.41) is 112. The van der Waals surface area contributed by atoms with Crippen molar-refractivity contribution in [2.24, 2.45) is 5.73 Å². The van der Waals surface area contributed by atoms with Crippen LogP contribution in [0.3, 0.4) is 0 Å². The molecule has 3 rings (SSSR count). The van der Waals surface area contributed by atoms with Crippen molar-refractivity contribution in [1.29, 1.82) is 0 Å². The van der Waals surface area contributed by atoms with Crippen molar-refractivity contribution in [1.82, 2.24) is 0 Å². The molecule has 244 valence electrons. The Hall–Kier alpha value is -1.70. The molecule has 0 saturated carbocycles. The molecule has 0 aromatic heterocycles. The molecule has 3 fully saturated rings. The van der Waals surface area contributed by atoms with E-state index < -0.39 is 123 Å². The van der Waals surface area contributed by atoms with Crippen LogP contribution in [0, 0.1) is 0 Å². The number of ether oxygens (including phenoxy) is 6. The molecule has 0 bridgehead atoms. The zero-order chi connectivity index (χ0) is 31.7. The van der Waals surface area contributed by atoms with Crippen molar-refractivity contribution in [3.63, 3.8) is 0 Å². The van der Waals surface area contributed by atoms with Gasteiger partial charge in [0.1, 0.15) is 61.0 Å². The lowest BCUT2D eigenvalue weighted by Crippen LogP contribution is -2.73. The van der Waals surface area contributed by atoms with Crippen LogP contribution < -0.4 is 5.73 Å². The quantitative estimate of drug-likeness (QED) is 0.102. The van der Waals surface area contributed by atoms with Crippen LogP contribution in [-0.2, 0) is 38.0 Å². The second-order valence-corrected chi connectivity index (χ2v) is 10.2. The minimum Gasteiger partial charge on any atom is -0.477 e. The van der Waals surface area contributed by atoms with Gasteiger partial charge in [-0.1, -0.05) is 0 Å². The first kappa shape index (κ1) is 34.8. The van der Waals surface area contributed by atoms with Crippen molar-refractivity contribution < 1.29 is 94.2 Å². The number of carboxylic acids is 2. The number of rotatable bonds is 11. The summed E-state index contributed by atoms with van der Waals surface area (Å²) in [7, 11) is 0.871. The van der Waals surface area contributed by atoms with E-state index in [9.17, 15) is 65.8 Å². The lowest BCUT2D eigenvalue weighted by molar-refractivity contribution is -0.394. The molecule has 42 heavy (non-hydrogen) atoms.